The fourth-order valence-electron chi connectivity index (χ4n) is 2.52. The lowest BCUT2D eigenvalue weighted by atomic mass is 10.0. The third kappa shape index (κ3) is 3.07. The van der Waals surface area contributed by atoms with Gasteiger partial charge in [-0.3, -0.25) is 0 Å². The molecule has 0 aliphatic rings. The molecule has 2 aromatic heterocycles. The van der Waals surface area contributed by atoms with Gasteiger partial charge in [0.2, 0.25) is 0 Å². The van der Waals surface area contributed by atoms with Gasteiger partial charge in [0.25, 0.3) is 0 Å². The minimum Gasteiger partial charge on any atom is -0.466 e. The van der Waals surface area contributed by atoms with Crippen LogP contribution >= 0.6 is 0 Å². The number of rotatable bonds is 6. The molecule has 1 N–H and O–H groups in total. The fourth-order valence-corrected chi connectivity index (χ4v) is 2.52. The Morgan fingerprint density at radius 2 is 2.21 bits per heavy atom. The van der Waals surface area contributed by atoms with Crippen LogP contribution < -0.4 is 5.32 Å². The maximum absolute atomic E-state index is 5.63. The molecule has 104 valence electrons. The second-order valence-electron chi connectivity index (χ2n) is 4.95. The van der Waals surface area contributed by atoms with E-state index in [0.29, 0.717) is 0 Å². The molecule has 4 nitrogen and oxygen atoms in total. The second-order valence-corrected chi connectivity index (χ2v) is 4.95. The average molecular weight is 261 g/mol. The van der Waals surface area contributed by atoms with Gasteiger partial charge in [0.05, 0.1) is 0 Å². The van der Waals surface area contributed by atoms with Crippen LogP contribution in [0.5, 0.6) is 0 Å². The van der Waals surface area contributed by atoms with Gasteiger partial charge in [0.15, 0.2) is 0 Å². The summed E-state index contributed by atoms with van der Waals surface area (Å²) in [6, 6.07) is 2.36. The van der Waals surface area contributed by atoms with Crippen LogP contribution in [0.15, 0.2) is 22.9 Å². The average Bonchev–Trinajstić information content (AvgIpc) is 2.94. The molecule has 2 heterocycles. The standard InChI is InChI=1S/C15H23N3O/c1-5-7-18-8-6-17-15(18)10-14(16-4)13-9-11(2)19-12(13)3/h6,8-9,14,16H,5,7,10H2,1-4H3. The highest BCUT2D eigenvalue weighted by Gasteiger charge is 2.18. The lowest BCUT2D eigenvalue weighted by Gasteiger charge is -2.16. The number of furan rings is 1. The van der Waals surface area contributed by atoms with Gasteiger partial charge in [-0.2, -0.15) is 0 Å². The van der Waals surface area contributed by atoms with Crippen LogP contribution in [0, 0.1) is 13.8 Å². The van der Waals surface area contributed by atoms with Crippen molar-refractivity contribution in [3.05, 3.63) is 41.4 Å². The molecule has 1 unspecified atom stereocenters. The van der Waals surface area contributed by atoms with E-state index in [2.05, 4.69) is 34.1 Å². The first-order valence-corrected chi connectivity index (χ1v) is 6.90. The van der Waals surface area contributed by atoms with E-state index in [1.54, 1.807) is 0 Å². The summed E-state index contributed by atoms with van der Waals surface area (Å²) in [4.78, 5) is 4.48. The van der Waals surface area contributed by atoms with Crippen molar-refractivity contribution in [3.63, 3.8) is 0 Å². The molecule has 0 saturated carbocycles. The Hall–Kier alpha value is -1.55. The molecule has 1 atom stereocenters. The first kappa shape index (κ1) is 13.9. The summed E-state index contributed by atoms with van der Waals surface area (Å²) in [5, 5.41) is 3.37. The molecule has 0 aliphatic carbocycles. The second kappa shape index (κ2) is 6.06. The zero-order valence-corrected chi connectivity index (χ0v) is 12.2. The number of hydrogen-bond acceptors (Lipinski definition) is 3. The van der Waals surface area contributed by atoms with Crippen LogP contribution in [-0.4, -0.2) is 16.6 Å². The zero-order valence-electron chi connectivity index (χ0n) is 12.2. The summed E-state index contributed by atoms with van der Waals surface area (Å²) in [5.41, 5.74) is 1.23. The van der Waals surface area contributed by atoms with Gasteiger partial charge in [-0.25, -0.2) is 4.98 Å². The Balaban J connectivity index is 2.19. The summed E-state index contributed by atoms with van der Waals surface area (Å²) in [5.74, 6) is 3.08. The summed E-state index contributed by atoms with van der Waals surface area (Å²) in [6.45, 7) is 7.21. The number of nitrogens with zero attached hydrogens (tertiary/aromatic N) is 2. The Labute approximate surface area is 114 Å². The maximum Gasteiger partial charge on any atom is 0.110 e. The van der Waals surface area contributed by atoms with Gasteiger partial charge in [0, 0.05) is 37.0 Å². The number of likely N-dealkylation sites (N-methyl/N-ethyl adjacent to an activating group) is 1. The van der Waals surface area contributed by atoms with Crippen LogP contribution in [-0.2, 0) is 13.0 Å². The van der Waals surface area contributed by atoms with E-state index in [4.69, 9.17) is 4.42 Å². The quantitative estimate of drug-likeness (QED) is 0.869. The molecular weight excluding hydrogens is 238 g/mol. The van der Waals surface area contributed by atoms with Crippen molar-refractivity contribution in [2.45, 2.75) is 46.2 Å². The third-order valence-corrected chi connectivity index (χ3v) is 3.46. The molecule has 0 aliphatic heterocycles. The van der Waals surface area contributed by atoms with Crippen LogP contribution in [0.25, 0.3) is 0 Å². The molecular formula is C15H23N3O. The Bertz CT molecular complexity index is 527. The highest BCUT2D eigenvalue weighted by atomic mass is 16.3. The monoisotopic (exact) mass is 261 g/mol. The highest BCUT2D eigenvalue weighted by Crippen LogP contribution is 2.24. The molecule has 0 spiro atoms. The van der Waals surface area contributed by atoms with E-state index in [-0.39, 0.29) is 6.04 Å². The molecule has 0 radical (unpaired) electrons. The van der Waals surface area contributed by atoms with E-state index in [1.165, 1.54) is 5.56 Å². The summed E-state index contributed by atoms with van der Waals surface area (Å²) >= 11 is 0. The van der Waals surface area contributed by atoms with Crippen LogP contribution in [0.3, 0.4) is 0 Å². The summed E-state index contributed by atoms with van der Waals surface area (Å²) in [7, 11) is 1.99. The molecule has 0 aromatic carbocycles. The van der Waals surface area contributed by atoms with Crippen molar-refractivity contribution in [3.8, 4) is 0 Å². The van der Waals surface area contributed by atoms with Crippen molar-refractivity contribution >= 4 is 0 Å². The van der Waals surface area contributed by atoms with Gasteiger partial charge in [-0.05, 0) is 33.4 Å². The van der Waals surface area contributed by atoms with E-state index >= 15 is 0 Å². The van der Waals surface area contributed by atoms with E-state index in [9.17, 15) is 0 Å². The van der Waals surface area contributed by atoms with Crippen molar-refractivity contribution in [2.75, 3.05) is 7.05 Å². The van der Waals surface area contributed by atoms with Crippen molar-refractivity contribution in [1.29, 1.82) is 0 Å². The predicted molar refractivity (Wildman–Crippen MR) is 76.2 cm³/mol. The Morgan fingerprint density at radius 3 is 2.79 bits per heavy atom. The summed E-state index contributed by atoms with van der Waals surface area (Å²) < 4.78 is 7.86. The van der Waals surface area contributed by atoms with Crippen molar-refractivity contribution in [1.82, 2.24) is 14.9 Å². The number of aryl methyl sites for hydroxylation is 3. The first-order chi connectivity index (χ1) is 9.15. The largest absolute Gasteiger partial charge is 0.466 e. The van der Waals surface area contributed by atoms with Crippen molar-refractivity contribution in [2.24, 2.45) is 0 Å². The normalized spacial score (nSPS) is 12.8. The minimum absolute atomic E-state index is 0.246. The number of aromatic nitrogens is 2. The summed E-state index contributed by atoms with van der Waals surface area (Å²) in [6.07, 6.45) is 5.94. The lowest BCUT2D eigenvalue weighted by molar-refractivity contribution is 0.485. The van der Waals surface area contributed by atoms with E-state index in [1.807, 2.05) is 27.1 Å². The van der Waals surface area contributed by atoms with E-state index < -0.39 is 0 Å². The number of imidazole rings is 1. The molecule has 0 saturated heterocycles. The highest BCUT2D eigenvalue weighted by molar-refractivity contribution is 5.25. The maximum atomic E-state index is 5.63. The molecule has 0 bridgehead atoms. The van der Waals surface area contributed by atoms with Gasteiger partial charge >= 0.3 is 0 Å². The predicted octanol–water partition coefficient (Wildman–Crippen LogP) is 3.01. The minimum atomic E-state index is 0.246. The van der Waals surface area contributed by atoms with Gasteiger partial charge < -0.3 is 14.3 Å². The lowest BCUT2D eigenvalue weighted by Crippen LogP contribution is -2.21. The molecule has 2 rings (SSSR count). The van der Waals surface area contributed by atoms with Gasteiger partial charge in [0.1, 0.15) is 17.3 Å². The zero-order chi connectivity index (χ0) is 13.8. The molecule has 2 aromatic rings. The molecule has 0 fully saturated rings. The SMILES string of the molecule is CCCn1ccnc1CC(NC)c1cc(C)oc1C. The van der Waals surface area contributed by atoms with Crippen LogP contribution in [0.2, 0.25) is 0 Å². The van der Waals surface area contributed by atoms with Gasteiger partial charge in [-0.15, -0.1) is 0 Å². The van der Waals surface area contributed by atoms with E-state index in [0.717, 1.165) is 36.7 Å². The molecule has 4 heteroatoms. The fraction of sp³-hybridized carbons (Fsp3) is 0.533. The topological polar surface area (TPSA) is 43.0 Å². The Kier molecular flexibility index (Phi) is 4.43. The Morgan fingerprint density at radius 1 is 1.42 bits per heavy atom. The van der Waals surface area contributed by atoms with Crippen molar-refractivity contribution < 1.29 is 4.42 Å². The van der Waals surface area contributed by atoms with Crippen LogP contribution in [0.1, 0.15) is 42.3 Å². The molecule has 19 heavy (non-hydrogen) atoms. The van der Waals surface area contributed by atoms with Crippen LogP contribution in [0.4, 0.5) is 0 Å². The molecule has 0 amide bonds. The number of nitrogens with one attached hydrogen (secondary N) is 1. The first-order valence-electron chi connectivity index (χ1n) is 6.90. The third-order valence-electron chi connectivity index (χ3n) is 3.46. The smallest absolute Gasteiger partial charge is 0.110 e. The number of hydrogen-bond donors (Lipinski definition) is 1. The van der Waals surface area contributed by atoms with Gasteiger partial charge in [-0.1, -0.05) is 6.92 Å².